The minimum absolute atomic E-state index is 0.0802. The number of nitrogens with zero attached hydrogens (tertiary/aromatic N) is 1. The van der Waals surface area contributed by atoms with Crippen molar-refractivity contribution in [3.63, 3.8) is 0 Å². The summed E-state index contributed by atoms with van der Waals surface area (Å²) in [4.78, 5) is 34.0. The molecule has 0 aliphatic rings. The molecule has 0 bridgehead atoms. The number of esters is 2. The minimum atomic E-state index is -0.817. The van der Waals surface area contributed by atoms with E-state index in [2.05, 4.69) is 4.74 Å². The quantitative estimate of drug-likeness (QED) is 0.299. The number of nitro benzene ring substituents is 1. The number of methoxy groups -OCH3 is 2. The lowest BCUT2D eigenvalue weighted by Gasteiger charge is -2.09. The Morgan fingerprint density at radius 1 is 0.926 bits per heavy atom. The highest BCUT2D eigenvalue weighted by atomic mass is 16.6. The number of nitro groups is 1. The molecule has 27 heavy (non-hydrogen) atoms. The molecule has 0 aromatic heterocycles. The van der Waals surface area contributed by atoms with Gasteiger partial charge < -0.3 is 18.9 Å². The number of hydrogen-bond donors (Lipinski definition) is 0. The van der Waals surface area contributed by atoms with Crippen molar-refractivity contribution in [1.82, 2.24) is 0 Å². The Kier molecular flexibility index (Phi) is 6.70. The summed E-state index contributed by atoms with van der Waals surface area (Å²) in [6.45, 7) is -0.00202. The number of hydrogen-bond acceptors (Lipinski definition) is 8. The molecule has 0 saturated heterocycles. The summed E-state index contributed by atoms with van der Waals surface area (Å²) < 4.78 is 20.0. The van der Waals surface area contributed by atoms with E-state index in [0.29, 0.717) is 11.5 Å². The highest BCUT2D eigenvalue weighted by molar-refractivity contribution is 5.96. The Balaban J connectivity index is 1.97. The summed E-state index contributed by atoms with van der Waals surface area (Å²) in [5.41, 5.74) is -0.665. The van der Waals surface area contributed by atoms with Crippen LogP contribution in [-0.4, -0.2) is 44.3 Å². The van der Waals surface area contributed by atoms with Crippen molar-refractivity contribution >= 4 is 17.6 Å². The van der Waals surface area contributed by atoms with Crippen molar-refractivity contribution in [2.24, 2.45) is 0 Å². The van der Waals surface area contributed by atoms with Crippen LogP contribution in [0.5, 0.6) is 11.5 Å². The van der Waals surface area contributed by atoms with E-state index in [4.69, 9.17) is 14.2 Å². The van der Waals surface area contributed by atoms with E-state index >= 15 is 0 Å². The van der Waals surface area contributed by atoms with Gasteiger partial charge in [-0.2, -0.15) is 0 Å². The molecule has 0 fully saturated rings. The van der Waals surface area contributed by atoms with Gasteiger partial charge in [-0.25, -0.2) is 9.59 Å². The first-order valence-corrected chi connectivity index (χ1v) is 7.76. The molecule has 9 nitrogen and oxygen atoms in total. The summed E-state index contributed by atoms with van der Waals surface area (Å²) in [5, 5.41) is 11.0. The maximum absolute atomic E-state index is 12.1. The van der Waals surface area contributed by atoms with E-state index in [1.54, 1.807) is 31.4 Å². The first-order chi connectivity index (χ1) is 12.9. The molecule has 0 aliphatic heterocycles. The summed E-state index contributed by atoms with van der Waals surface area (Å²) in [6.07, 6.45) is 0. The van der Waals surface area contributed by atoms with Crippen LogP contribution in [0.1, 0.15) is 20.7 Å². The average Bonchev–Trinajstić information content (AvgIpc) is 2.70. The van der Waals surface area contributed by atoms with Gasteiger partial charge in [-0.05, 0) is 30.3 Å². The van der Waals surface area contributed by atoms with Gasteiger partial charge in [0.25, 0.3) is 5.69 Å². The molecule has 0 aliphatic carbocycles. The van der Waals surface area contributed by atoms with Crippen molar-refractivity contribution in [3.05, 3.63) is 63.7 Å². The van der Waals surface area contributed by atoms with Gasteiger partial charge in [-0.15, -0.1) is 0 Å². The number of carbonyl (C=O) groups excluding carboxylic acids is 2. The van der Waals surface area contributed by atoms with Crippen molar-refractivity contribution in [1.29, 1.82) is 0 Å². The summed E-state index contributed by atoms with van der Waals surface area (Å²) in [7, 11) is 2.69. The molecule has 0 spiro atoms. The van der Waals surface area contributed by atoms with Gasteiger partial charge in [0.1, 0.15) is 24.7 Å². The lowest BCUT2D eigenvalue weighted by molar-refractivity contribution is -0.384. The van der Waals surface area contributed by atoms with Gasteiger partial charge in [0, 0.05) is 12.1 Å². The van der Waals surface area contributed by atoms with Crippen LogP contribution in [0.25, 0.3) is 0 Å². The molecule has 9 heteroatoms. The molecule has 0 unspecified atom stereocenters. The van der Waals surface area contributed by atoms with E-state index in [1.165, 1.54) is 6.07 Å². The molecule has 0 amide bonds. The van der Waals surface area contributed by atoms with Gasteiger partial charge in [-0.3, -0.25) is 10.1 Å². The number of non-ortho nitro benzene ring substituents is 1. The normalized spacial score (nSPS) is 10.0. The van der Waals surface area contributed by atoms with Crippen molar-refractivity contribution in [2.45, 2.75) is 0 Å². The third-order valence-electron chi connectivity index (χ3n) is 3.43. The maximum atomic E-state index is 12.1. The monoisotopic (exact) mass is 375 g/mol. The van der Waals surface area contributed by atoms with Crippen LogP contribution in [0.2, 0.25) is 0 Å². The zero-order valence-corrected chi connectivity index (χ0v) is 14.7. The Morgan fingerprint density at radius 2 is 1.52 bits per heavy atom. The molecule has 0 atom stereocenters. The molecule has 0 N–H and O–H groups in total. The molecule has 0 heterocycles. The molecule has 2 aromatic rings. The van der Waals surface area contributed by atoms with Gasteiger partial charge in [0.05, 0.1) is 30.3 Å². The molecule has 142 valence electrons. The summed E-state index contributed by atoms with van der Waals surface area (Å²) in [5.74, 6) is -0.367. The highest BCUT2D eigenvalue weighted by Crippen LogP contribution is 2.19. The minimum Gasteiger partial charge on any atom is -0.497 e. The second-order valence-corrected chi connectivity index (χ2v) is 5.18. The van der Waals surface area contributed by atoms with Crippen molar-refractivity contribution in [3.8, 4) is 11.5 Å². The predicted molar refractivity (Wildman–Crippen MR) is 93.2 cm³/mol. The second kappa shape index (κ2) is 9.18. The van der Waals surface area contributed by atoms with E-state index in [9.17, 15) is 19.7 Å². The highest BCUT2D eigenvalue weighted by Gasteiger charge is 2.19. The fourth-order valence-corrected chi connectivity index (χ4v) is 2.12. The number of ether oxygens (including phenoxy) is 4. The van der Waals surface area contributed by atoms with Crippen molar-refractivity contribution in [2.75, 3.05) is 27.4 Å². The first-order valence-electron chi connectivity index (χ1n) is 7.76. The number of carbonyl (C=O) groups is 2. The number of benzene rings is 2. The van der Waals surface area contributed by atoms with Crippen molar-refractivity contribution < 1.29 is 33.5 Å². The standard InChI is InChI=1S/C18H17NO8/c1-24-15-3-5-16(6-4-15)26-7-8-27-18(21)13-9-12(17(20)25-2)10-14(11-13)19(22)23/h3-6,9-11H,7-8H2,1-2H3. The largest absolute Gasteiger partial charge is 0.497 e. The number of rotatable bonds is 8. The fourth-order valence-electron chi connectivity index (χ4n) is 2.12. The van der Waals surface area contributed by atoms with E-state index in [0.717, 1.165) is 19.2 Å². The third-order valence-corrected chi connectivity index (χ3v) is 3.43. The fraction of sp³-hybridized carbons (Fsp3) is 0.222. The Bertz CT molecular complexity index is 832. The zero-order chi connectivity index (χ0) is 19.8. The molecule has 0 radical (unpaired) electrons. The lowest BCUT2D eigenvalue weighted by Crippen LogP contribution is -2.13. The predicted octanol–water partition coefficient (Wildman–Crippen LogP) is 2.63. The van der Waals surface area contributed by atoms with Gasteiger partial charge in [0.15, 0.2) is 0 Å². The third kappa shape index (κ3) is 5.43. The Labute approximate surface area is 154 Å². The van der Waals surface area contributed by atoms with Crippen LogP contribution in [0, 0.1) is 10.1 Å². The first kappa shape index (κ1) is 19.7. The van der Waals surface area contributed by atoms with Crippen LogP contribution in [0.4, 0.5) is 5.69 Å². The SMILES string of the molecule is COC(=O)c1cc(C(=O)OCCOc2ccc(OC)cc2)cc([N+](=O)[O-])c1. The van der Waals surface area contributed by atoms with Crippen LogP contribution >= 0.6 is 0 Å². The molecular weight excluding hydrogens is 358 g/mol. The summed E-state index contributed by atoms with van der Waals surface area (Å²) >= 11 is 0. The van der Waals surface area contributed by atoms with Crippen LogP contribution in [-0.2, 0) is 9.47 Å². The van der Waals surface area contributed by atoms with Crippen LogP contribution < -0.4 is 9.47 Å². The average molecular weight is 375 g/mol. The van der Waals surface area contributed by atoms with Gasteiger partial charge >= 0.3 is 11.9 Å². The molecular formula is C18H17NO8. The second-order valence-electron chi connectivity index (χ2n) is 5.18. The molecule has 2 aromatic carbocycles. The Morgan fingerprint density at radius 3 is 2.07 bits per heavy atom. The van der Waals surface area contributed by atoms with Crippen LogP contribution in [0.3, 0.4) is 0 Å². The van der Waals surface area contributed by atoms with Gasteiger partial charge in [-0.1, -0.05) is 0 Å². The van der Waals surface area contributed by atoms with E-state index < -0.39 is 22.5 Å². The molecule has 0 saturated carbocycles. The molecule has 2 rings (SSSR count). The Hall–Kier alpha value is -3.62. The van der Waals surface area contributed by atoms with Crippen LogP contribution in [0.15, 0.2) is 42.5 Å². The lowest BCUT2D eigenvalue weighted by atomic mass is 10.1. The van der Waals surface area contributed by atoms with E-state index in [-0.39, 0.29) is 24.3 Å². The maximum Gasteiger partial charge on any atom is 0.338 e. The smallest absolute Gasteiger partial charge is 0.338 e. The topological polar surface area (TPSA) is 114 Å². The van der Waals surface area contributed by atoms with Gasteiger partial charge in [0.2, 0.25) is 0 Å². The summed E-state index contributed by atoms with van der Waals surface area (Å²) in [6, 6.07) is 10.1. The van der Waals surface area contributed by atoms with E-state index in [1.807, 2.05) is 0 Å². The zero-order valence-electron chi connectivity index (χ0n) is 14.7.